The summed E-state index contributed by atoms with van der Waals surface area (Å²) in [6.45, 7) is 7.15. The Balaban J connectivity index is 1.36. The van der Waals surface area contributed by atoms with Gasteiger partial charge in [-0.1, -0.05) is 0 Å². The average molecular weight is 432 g/mol. The number of hydrogen-bond donors (Lipinski definition) is 2. The molecule has 10 nitrogen and oxygen atoms in total. The molecular formula is C21H33N7O3. The molecule has 0 aliphatic carbocycles. The summed E-state index contributed by atoms with van der Waals surface area (Å²) in [6, 6.07) is 4.45. The minimum absolute atomic E-state index is 0.126. The molecule has 0 radical (unpaired) electrons. The number of aromatic nitrogens is 3. The summed E-state index contributed by atoms with van der Waals surface area (Å²) in [5, 5.41) is 11.6. The van der Waals surface area contributed by atoms with Gasteiger partial charge in [-0.25, -0.2) is 9.67 Å². The van der Waals surface area contributed by atoms with Crippen molar-refractivity contribution in [1.82, 2.24) is 30.3 Å². The SMILES string of the molecule is CN=C(NCC(c1ccc(C)o1)N1CCOCC1)NC1CCc2nc(COC)nn2C1. The van der Waals surface area contributed by atoms with Crippen LogP contribution in [0, 0.1) is 6.92 Å². The Hall–Kier alpha value is -2.43. The van der Waals surface area contributed by atoms with Gasteiger partial charge in [0.2, 0.25) is 0 Å². The molecule has 0 spiro atoms. The fourth-order valence-corrected chi connectivity index (χ4v) is 4.18. The van der Waals surface area contributed by atoms with E-state index in [4.69, 9.17) is 13.9 Å². The number of hydrogen-bond acceptors (Lipinski definition) is 7. The molecule has 2 N–H and O–H groups in total. The van der Waals surface area contributed by atoms with Crippen molar-refractivity contribution in [3.63, 3.8) is 0 Å². The van der Waals surface area contributed by atoms with E-state index in [1.165, 1.54) is 0 Å². The second-order valence-corrected chi connectivity index (χ2v) is 8.00. The molecule has 10 heteroatoms. The Bertz CT molecular complexity index is 872. The molecule has 0 aromatic carbocycles. The van der Waals surface area contributed by atoms with Crippen molar-refractivity contribution >= 4 is 5.96 Å². The van der Waals surface area contributed by atoms with Crippen molar-refractivity contribution in [3.8, 4) is 0 Å². The highest BCUT2D eigenvalue weighted by atomic mass is 16.5. The van der Waals surface area contributed by atoms with Crippen molar-refractivity contribution < 1.29 is 13.9 Å². The van der Waals surface area contributed by atoms with Gasteiger partial charge in [-0.3, -0.25) is 9.89 Å². The van der Waals surface area contributed by atoms with Crippen LogP contribution in [-0.4, -0.2) is 78.7 Å². The van der Waals surface area contributed by atoms with Crippen LogP contribution in [0.2, 0.25) is 0 Å². The van der Waals surface area contributed by atoms with Crippen LogP contribution < -0.4 is 10.6 Å². The van der Waals surface area contributed by atoms with Crippen LogP contribution in [0.4, 0.5) is 0 Å². The van der Waals surface area contributed by atoms with Crippen molar-refractivity contribution in [2.45, 2.75) is 45.0 Å². The first-order chi connectivity index (χ1) is 15.2. The molecule has 31 heavy (non-hydrogen) atoms. The number of morpholine rings is 1. The Morgan fingerprint density at radius 1 is 1.35 bits per heavy atom. The number of furan rings is 1. The second kappa shape index (κ2) is 10.3. The molecule has 4 heterocycles. The summed E-state index contributed by atoms with van der Waals surface area (Å²) in [6.07, 6.45) is 1.86. The summed E-state index contributed by atoms with van der Waals surface area (Å²) in [5.41, 5.74) is 0. The Labute approximate surface area is 183 Å². The van der Waals surface area contributed by atoms with E-state index in [-0.39, 0.29) is 12.1 Å². The van der Waals surface area contributed by atoms with Crippen molar-refractivity contribution in [1.29, 1.82) is 0 Å². The average Bonchev–Trinajstić information content (AvgIpc) is 3.39. The zero-order chi connectivity index (χ0) is 21.6. The van der Waals surface area contributed by atoms with Gasteiger partial charge in [0.25, 0.3) is 0 Å². The van der Waals surface area contributed by atoms with E-state index in [2.05, 4.69) is 36.7 Å². The van der Waals surface area contributed by atoms with Crippen molar-refractivity contribution in [2.24, 2.45) is 4.99 Å². The van der Waals surface area contributed by atoms with Crippen LogP contribution >= 0.6 is 0 Å². The molecule has 1 saturated heterocycles. The standard InChI is InChI=1S/C21H33N7O3/c1-15-4-6-18(31-15)17(27-8-10-30-11-9-27)12-23-21(22-2)24-16-5-7-20-25-19(14-29-3)26-28(20)13-16/h4,6,16-17H,5,7-14H2,1-3H3,(H2,22,23,24). The first kappa shape index (κ1) is 21.8. The number of aliphatic imine (C=N–C) groups is 1. The molecule has 2 aromatic heterocycles. The monoisotopic (exact) mass is 431 g/mol. The maximum Gasteiger partial charge on any atom is 0.191 e. The van der Waals surface area contributed by atoms with Crippen molar-refractivity contribution in [2.75, 3.05) is 47.0 Å². The first-order valence-corrected chi connectivity index (χ1v) is 10.9. The number of fused-ring (bicyclic) bond motifs is 1. The van der Waals surface area contributed by atoms with E-state index >= 15 is 0 Å². The molecule has 2 aliphatic rings. The summed E-state index contributed by atoms with van der Waals surface area (Å²) in [4.78, 5) is 11.4. The van der Waals surface area contributed by atoms with E-state index in [9.17, 15) is 0 Å². The molecule has 2 aliphatic heterocycles. The minimum atomic E-state index is 0.126. The van der Waals surface area contributed by atoms with Crippen LogP contribution in [0.3, 0.4) is 0 Å². The van der Waals surface area contributed by atoms with Crippen LogP contribution in [0.1, 0.15) is 35.6 Å². The third-order valence-electron chi connectivity index (χ3n) is 5.78. The number of rotatable bonds is 7. The van der Waals surface area contributed by atoms with Crippen LogP contribution in [0.5, 0.6) is 0 Å². The highest BCUT2D eigenvalue weighted by Gasteiger charge is 2.26. The van der Waals surface area contributed by atoms with Gasteiger partial charge < -0.3 is 24.5 Å². The predicted molar refractivity (Wildman–Crippen MR) is 116 cm³/mol. The highest BCUT2D eigenvalue weighted by molar-refractivity contribution is 5.80. The predicted octanol–water partition coefficient (Wildman–Crippen LogP) is 0.879. The van der Waals surface area contributed by atoms with E-state index in [1.807, 2.05) is 17.7 Å². The molecule has 2 aromatic rings. The lowest BCUT2D eigenvalue weighted by molar-refractivity contribution is 0.0124. The lowest BCUT2D eigenvalue weighted by atomic mass is 10.1. The van der Waals surface area contributed by atoms with Gasteiger partial charge in [-0.05, 0) is 25.5 Å². The van der Waals surface area contributed by atoms with Gasteiger partial charge in [-0.2, -0.15) is 5.10 Å². The van der Waals surface area contributed by atoms with Crippen LogP contribution in [0.15, 0.2) is 21.5 Å². The molecule has 0 saturated carbocycles. The molecule has 0 amide bonds. The third-order valence-corrected chi connectivity index (χ3v) is 5.78. The lowest BCUT2D eigenvalue weighted by Gasteiger charge is -2.34. The number of methoxy groups -OCH3 is 1. The summed E-state index contributed by atoms with van der Waals surface area (Å²) in [7, 11) is 3.46. The quantitative estimate of drug-likeness (QED) is 0.492. The van der Waals surface area contributed by atoms with E-state index in [0.717, 1.165) is 74.8 Å². The molecule has 0 bridgehead atoms. The molecule has 4 rings (SSSR count). The number of aryl methyl sites for hydroxylation is 2. The third kappa shape index (κ3) is 5.44. The first-order valence-electron chi connectivity index (χ1n) is 10.9. The minimum Gasteiger partial charge on any atom is -0.465 e. The van der Waals surface area contributed by atoms with E-state index in [1.54, 1.807) is 14.2 Å². The molecule has 2 unspecified atom stereocenters. The maximum atomic E-state index is 5.96. The van der Waals surface area contributed by atoms with Gasteiger partial charge in [-0.15, -0.1) is 0 Å². The summed E-state index contributed by atoms with van der Waals surface area (Å²) < 4.78 is 18.6. The van der Waals surface area contributed by atoms with Gasteiger partial charge in [0.1, 0.15) is 24.0 Å². The Morgan fingerprint density at radius 2 is 2.19 bits per heavy atom. The van der Waals surface area contributed by atoms with Crippen molar-refractivity contribution in [3.05, 3.63) is 35.3 Å². The van der Waals surface area contributed by atoms with Gasteiger partial charge >= 0.3 is 0 Å². The number of ether oxygens (including phenoxy) is 2. The van der Waals surface area contributed by atoms with Crippen LogP contribution in [0.25, 0.3) is 0 Å². The van der Waals surface area contributed by atoms with Gasteiger partial charge in [0.15, 0.2) is 11.8 Å². The van der Waals surface area contributed by atoms with E-state index < -0.39 is 0 Å². The number of nitrogens with one attached hydrogen (secondary N) is 2. The molecular weight excluding hydrogens is 398 g/mol. The zero-order valence-corrected chi connectivity index (χ0v) is 18.6. The largest absolute Gasteiger partial charge is 0.465 e. The topological polar surface area (TPSA) is 102 Å². The van der Waals surface area contributed by atoms with Gasteiger partial charge in [0.05, 0.1) is 25.8 Å². The fraction of sp³-hybridized carbons (Fsp3) is 0.667. The Kier molecular flexibility index (Phi) is 7.21. The number of nitrogens with zero attached hydrogens (tertiary/aromatic N) is 5. The number of guanidine groups is 1. The molecule has 1 fully saturated rings. The second-order valence-electron chi connectivity index (χ2n) is 8.00. The lowest BCUT2D eigenvalue weighted by Crippen LogP contribution is -2.50. The fourth-order valence-electron chi connectivity index (χ4n) is 4.18. The van der Waals surface area contributed by atoms with E-state index in [0.29, 0.717) is 13.2 Å². The summed E-state index contributed by atoms with van der Waals surface area (Å²) >= 11 is 0. The molecule has 2 atom stereocenters. The Morgan fingerprint density at radius 3 is 2.90 bits per heavy atom. The normalized spacial score (nSPS) is 21.0. The smallest absolute Gasteiger partial charge is 0.191 e. The summed E-state index contributed by atoms with van der Waals surface area (Å²) in [5.74, 6) is 4.44. The van der Waals surface area contributed by atoms with Crippen LogP contribution in [-0.2, 0) is 29.0 Å². The molecule has 170 valence electrons. The zero-order valence-electron chi connectivity index (χ0n) is 18.6. The highest BCUT2D eigenvalue weighted by Crippen LogP contribution is 2.23. The maximum absolute atomic E-state index is 5.96. The van der Waals surface area contributed by atoms with Gasteiger partial charge in [0, 0.05) is 46.3 Å².